The Bertz CT molecular complexity index is 1150. The van der Waals surface area contributed by atoms with Crippen molar-refractivity contribution in [2.75, 3.05) is 30.4 Å². The van der Waals surface area contributed by atoms with Crippen LogP contribution in [0.15, 0.2) is 36.7 Å². The smallest absolute Gasteiger partial charge is 0.381 e. The summed E-state index contributed by atoms with van der Waals surface area (Å²) in [5.74, 6) is -0.182. The van der Waals surface area contributed by atoms with Gasteiger partial charge in [-0.3, -0.25) is 4.98 Å². The molecule has 0 radical (unpaired) electrons. The highest BCUT2D eigenvalue weighted by Gasteiger charge is 2.34. The molecule has 8 nitrogen and oxygen atoms in total. The SMILES string of the molecule is FC(F)(F)c1cc(Nc2cc(NCC3CCOC3)nc(-c3nccc(C(F)(F)F)n3)n2)ccn1. The minimum atomic E-state index is -4.71. The quantitative estimate of drug-likeness (QED) is 0.491. The van der Waals surface area contributed by atoms with Crippen LogP contribution >= 0.6 is 0 Å². The van der Waals surface area contributed by atoms with Crippen LogP contribution in [0, 0.1) is 5.92 Å². The van der Waals surface area contributed by atoms with E-state index in [-0.39, 0.29) is 29.1 Å². The van der Waals surface area contributed by atoms with Gasteiger partial charge in [0.1, 0.15) is 23.0 Å². The first kappa shape index (κ1) is 23.6. The number of aromatic nitrogens is 5. The molecule has 1 aliphatic rings. The maximum absolute atomic E-state index is 13.1. The average Bonchev–Trinajstić information content (AvgIpc) is 3.30. The zero-order chi connectivity index (χ0) is 24.3. The lowest BCUT2D eigenvalue weighted by Gasteiger charge is -2.14. The molecule has 1 aliphatic heterocycles. The highest BCUT2D eigenvalue weighted by molar-refractivity contribution is 5.62. The van der Waals surface area contributed by atoms with Crippen molar-refractivity contribution >= 4 is 17.3 Å². The van der Waals surface area contributed by atoms with Crippen molar-refractivity contribution in [2.24, 2.45) is 5.92 Å². The Hall–Kier alpha value is -3.55. The Morgan fingerprint density at radius 1 is 0.853 bits per heavy atom. The average molecular weight is 485 g/mol. The van der Waals surface area contributed by atoms with Crippen molar-refractivity contribution in [2.45, 2.75) is 18.8 Å². The first-order valence-corrected chi connectivity index (χ1v) is 9.99. The van der Waals surface area contributed by atoms with Gasteiger partial charge >= 0.3 is 12.4 Å². The fourth-order valence-electron chi connectivity index (χ4n) is 3.13. The molecule has 4 rings (SSSR count). The van der Waals surface area contributed by atoms with Crippen LogP contribution in [0.5, 0.6) is 0 Å². The number of hydrogen-bond donors (Lipinski definition) is 2. The standard InChI is InChI=1S/C20H17F6N7O/c21-19(22,23)13-2-5-28-17(31-13)18-32-15(29-9-11-3-6-34-10-11)8-16(33-18)30-12-1-4-27-14(7-12)20(24,25)26/h1-2,4-5,7-8,11H,3,6,9-10H2,(H2,27,29,30,32,33). The summed E-state index contributed by atoms with van der Waals surface area (Å²) in [6, 6.07) is 4.20. The summed E-state index contributed by atoms with van der Waals surface area (Å²) in [5, 5.41) is 5.77. The van der Waals surface area contributed by atoms with E-state index in [4.69, 9.17) is 4.74 Å². The molecule has 3 aromatic rings. The number of nitrogens with zero attached hydrogens (tertiary/aromatic N) is 5. The summed E-state index contributed by atoms with van der Waals surface area (Å²) in [4.78, 5) is 18.9. The molecule has 180 valence electrons. The van der Waals surface area contributed by atoms with Crippen LogP contribution in [-0.2, 0) is 17.1 Å². The topological polar surface area (TPSA) is 97.7 Å². The number of halogens is 6. The third kappa shape index (κ3) is 5.87. The van der Waals surface area contributed by atoms with E-state index >= 15 is 0 Å². The first-order valence-electron chi connectivity index (χ1n) is 9.99. The van der Waals surface area contributed by atoms with Gasteiger partial charge in [-0.25, -0.2) is 19.9 Å². The Morgan fingerprint density at radius 2 is 1.59 bits per heavy atom. The lowest BCUT2D eigenvalue weighted by atomic mass is 10.1. The molecule has 2 N–H and O–H groups in total. The predicted molar refractivity (Wildman–Crippen MR) is 108 cm³/mol. The summed E-state index contributed by atoms with van der Waals surface area (Å²) in [7, 11) is 0. The van der Waals surface area contributed by atoms with E-state index in [2.05, 4.69) is 35.6 Å². The summed E-state index contributed by atoms with van der Waals surface area (Å²) < 4.78 is 83.6. The second-order valence-electron chi connectivity index (χ2n) is 7.39. The molecular weight excluding hydrogens is 468 g/mol. The number of ether oxygens (including phenoxy) is 1. The van der Waals surface area contributed by atoms with Gasteiger partial charge < -0.3 is 15.4 Å². The van der Waals surface area contributed by atoms with Crippen molar-refractivity contribution < 1.29 is 31.1 Å². The molecule has 1 unspecified atom stereocenters. The third-order valence-corrected chi connectivity index (χ3v) is 4.79. The zero-order valence-corrected chi connectivity index (χ0v) is 17.3. The highest BCUT2D eigenvalue weighted by atomic mass is 19.4. The van der Waals surface area contributed by atoms with Crippen LogP contribution in [0.1, 0.15) is 17.8 Å². The van der Waals surface area contributed by atoms with E-state index in [0.717, 1.165) is 24.9 Å². The summed E-state index contributed by atoms with van der Waals surface area (Å²) in [6.45, 7) is 1.63. The van der Waals surface area contributed by atoms with Crippen molar-refractivity contribution in [1.82, 2.24) is 24.9 Å². The van der Waals surface area contributed by atoms with Gasteiger partial charge in [0.05, 0.1) is 6.61 Å². The molecular formula is C20H17F6N7O. The van der Waals surface area contributed by atoms with Gasteiger partial charge in [0.2, 0.25) is 5.82 Å². The summed E-state index contributed by atoms with van der Waals surface area (Å²) >= 11 is 0. The molecule has 0 aromatic carbocycles. The van der Waals surface area contributed by atoms with Gasteiger partial charge in [0.25, 0.3) is 0 Å². The lowest BCUT2D eigenvalue weighted by molar-refractivity contribution is -0.141. The van der Waals surface area contributed by atoms with Crippen molar-refractivity contribution in [3.8, 4) is 11.6 Å². The molecule has 1 saturated heterocycles. The van der Waals surface area contributed by atoms with E-state index in [9.17, 15) is 26.3 Å². The van der Waals surface area contributed by atoms with Crippen LogP contribution in [-0.4, -0.2) is 44.7 Å². The number of rotatable bonds is 6. The van der Waals surface area contributed by atoms with E-state index in [1.165, 1.54) is 12.1 Å². The van der Waals surface area contributed by atoms with Gasteiger partial charge in [0.15, 0.2) is 5.82 Å². The monoisotopic (exact) mass is 485 g/mol. The van der Waals surface area contributed by atoms with Gasteiger partial charge in [0, 0.05) is 43.2 Å². The summed E-state index contributed by atoms with van der Waals surface area (Å²) in [5.41, 5.74) is -2.28. The molecule has 0 amide bonds. The van der Waals surface area contributed by atoms with Crippen LogP contribution in [0.2, 0.25) is 0 Å². The number of alkyl halides is 6. The minimum Gasteiger partial charge on any atom is -0.381 e. The molecule has 0 aliphatic carbocycles. The van der Waals surface area contributed by atoms with E-state index in [1.54, 1.807) is 0 Å². The Morgan fingerprint density at radius 3 is 2.29 bits per heavy atom. The fourth-order valence-corrected chi connectivity index (χ4v) is 3.13. The molecule has 34 heavy (non-hydrogen) atoms. The molecule has 0 spiro atoms. The predicted octanol–water partition coefficient (Wildman–Crippen LogP) is 4.56. The van der Waals surface area contributed by atoms with E-state index in [0.29, 0.717) is 25.8 Å². The maximum Gasteiger partial charge on any atom is 0.433 e. The number of pyridine rings is 1. The van der Waals surface area contributed by atoms with Gasteiger partial charge in [-0.05, 0) is 24.6 Å². The van der Waals surface area contributed by atoms with E-state index < -0.39 is 29.6 Å². The van der Waals surface area contributed by atoms with Crippen LogP contribution in [0.25, 0.3) is 11.6 Å². The highest BCUT2D eigenvalue weighted by Crippen LogP contribution is 2.31. The second kappa shape index (κ2) is 9.37. The van der Waals surface area contributed by atoms with Gasteiger partial charge in [-0.2, -0.15) is 26.3 Å². The van der Waals surface area contributed by atoms with Crippen molar-refractivity contribution in [1.29, 1.82) is 0 Å². The lowest BCUT2D eigenvalue weighted by Crippen LogP contribution is -2.16. The second-order valence-corrected chi connectivity index (χ2v) is 7.39. The maximum atomic E-state index is 13.1. The Kier molecular flexibility index (Phi) is 6.50. The molecule has 4 heterocycles. The van der Waals surface area contributed by atoms with Crippen LogP contribution < -0.4 is 10.6 Å². The minimum absolute atomic E-state index is 0.0204. The third-order valence-electron chi connectivity index (χ3n) is 4.79. The summed E-state index contributed by atoms with van der Waals surface area (Å²) in [6.07, 6.45) is -6.64. The number of nitrogens with one attached hydrogen (secondary N) is 2. The van der Waals surface area contributed by atoms with Gasteiger partial charge in [-0.15, -0.1) is 0 Å². The Labute approximate surface area is 188 Å². The van der Waals surface area contributed by atoms with Crippen molar-refractivity contribution in [3.63, 3.8) is 0 Å². The molecule has 14 heteroatoms. The molecule has 3 aromatic heterocycles. The Balaban J connectivity index is 1.67. The van der Waals surface area contributed by atoms with Gasteiger partial charge in [-0.1, -0.05) is 0 Å². The number of hydrogen-bond acceptors (Lipinski definition) is 8. The van der Waals surface area contributed by atoms with Crippen molar-refractivity contribution in [3.05, 3.63) is 48.0 Å². The molecule has 0 bridgehead atoms. The molecule has 1 atom stereocenters. The zero-order valence-electron chi connectivity index (χ0n) is 17.3. The van der Waals surface area contributed by atoms with Crippen LogP contribution in [0.4, 0.5) is 43.7 Å². The number of anilines is 3. The largest absolute Gasteiger partial charge is 0.433 e. The molecule has 0 saturated carbocycles. The normalized spacial score (nSPS) is 16.5. The first-order chi connectivity index (χ1) is 16.1. The van der Waals surface area contributed by atoms with E-state index in [1.807, 2.05) is 0 Å². The fraction of sp³-hybridized carbons (Fsp3) is 0.350. The van der Waals surface area contributed by atoms with Crippen LogP contribution in [0.3, 0.4) is 0 Å². The molecule has 1 fully saturated rings.